The van der Waals surface area contributed by atoms with Gasteiger partial charge in [-0.2, -0.15) is 0 Å². The number of rotatable bonds is 4. The molecule has 1 aromatic rings. The molecule has 1 N–H and O–H groups in total. The SMILES string of the molecule is C[C@H]1CCc2cc(F)ccc2N1C(=O)CCCC(=O)O. The number of carbonyl (C=O) groups excluding carboxylic acids is 1. The fraction of sp³-hybridized carbons (Fsp3) is 0.467. The van der Waals surface area contributed by atoms with Gasteiger partial charge in [-0.3, -0.25) is 9.59 Å². The Morgan fingerprint density at radius 1 is 1.40 bits per heavy atom. The van der Waals surface area contributed by atoms with E-state index in [9.17, 15) is 14.0 Å². The number of amides is 1. The molecule has 2 rings (SSSR count). The highest BCUT2D eigenvalue weighted by Gasteiger charge is 2.28. The summed E-state index contributed by atoms with van der Waals surface area (Å²) < 4.78 is 13.2. The van der Waals surface area contributed by atoms with Crippen LogP contribution in [0.1, 0.15) is 38.2 Å². The van der Waals surface area contributed by atoms with Gasteiger partial charge in [-0.1, -0.05) is 0 Å². The van der Waals surface area contributed by atoms with Crippen LogP contribution < -0.4 is 4.90 Å². The second-order valence-electron chi connectivity index (χ2n) is 5.17. The molecule has 0 spiro atoms. The lowest BCUT2D eigenvalue weighted by molar-refractivity contribution is -0.137. The van der Waals surface area contributed by atoms with Crippen LogP contribution in [0.4, 0.5) is 10.1 Å². The van der Waals surface area contributed by atoms with Crippen LogP contribution in [0.5, 0.6) is 0 Å². The molecular weight excluding hydrogens is 261 g/mol. The molecule has 4 nitrogen and oxygen atoms in total. The molecule has 1 atom stereocenters. The summed E-state index contributed by atoms with van der Waals surface area (Å²) in [6, 6.07) is 4.52. The summed E-state index contributed by atoms with van der Waals surface area (Å²) in [7, 11) is 0. The van der Waals surface area contributed by atoms with E-state index in [4.69, 9.17) is 5.11 Å². The van der Waals surface area contributed by atoms with Gasteiger partial charge in [0.1, 0.15) is 5.82 Å². The van der Waals surface area contributed by atoms with E-state index in [1.54, 1.807) is 11.0 Å². The third-order valence-corrected chi connectivity index (χ3v) is 3.62. The minimum Gasteiger partial charge on any atom is -0.481 e. The van der Waals surface area contributed by atoms with Gasteiger partial charge in [0, 0.05) is 24.6 Å². The van der Waals surface area contributed by atoms with Gasteiger partial charge in [0.25, 0.3) is 0 Å². The predicted molar refractivity (Wildman–Crippen MR) is 73.2 cm³/mol. The highest BCUT2D eigenvalue weighted by atomic mass is 19.1. The third-order valence-electron chi connectivity index (χ3n) is 3.62. The zero-order valence-corrected chi connectivity index (χ0v) is 11.4. The molecule has 0 aromatic heterocycles. The zero-order valence-electron chi connectivity index (χ0n) is 11.4. The first-order valence-corrected chi connectivity index (χ1v) is 6.81. The van der Waals surface area contributed by atoms with Gasteiger partial charge in [-0.05, 0) is 49.9 Å². The second kappa shape index (κ2) is 6.03. The maximum Gasteiger partial charge on any atom is 0.303 e. The van der Waals surface area contributed by atoms with E-state index < -0.39 is 5.97 Å². The Morgan fingerprint density at radius 3 is 2.85 bits per heavy atom. The Kier molecular flexibility index (Phi) is 4.37. The summed E-state index contributed by atoms with van der Waals surface area (Å²) in [4.78, 5) is 24.4. The minimum absolute atomic E-state index is 0.00969. The Hall–Kier alpha value is -1.91. The van der Waals surface area contributed by atoms with Crippen LogP contribution in [0, 0.1) is 5.82 Å². The molecule has 1 amide bonds. The van der Waals surface area contributed by atoms with Crippen LogP contribution in [0.25, 0.3) is 0 Å². The van der Waals surface area contributed by atoms with Crippen molar-refractivity contribution in [3.63, 3.8) is 0 Å². The molecule has 108 valence electrons. The maximum atomic E-state index is 13.2. The standard InChI is InChI=1S/C15H18FNO3/c1-10-5-6-11-9-12(16)7-8-13(11)17(10)14(18)3-2-4-15(19)20/h7-10H,2-6H2,1H3,(H,19,20)/t10-/m0/s1. The number of carboxylic acid groups (broad SMARTS) is 1. The largest absolute Gasteiger partial charge is 0.481 e. The molecule has 0 saturated carbocycles. The molecule has 0 unspecified atom stereocenters. The molecular formula is C15H18FNO3. The van der Waals surface area contributed by atoms with Crippen LogP contribution in [-0.4, -0.2) is 23.0 Å². The highest BCUT2D eigenvalue weighted by molar-refractivity contribution is 5.95. The van der Waals surface area contributed by atoms with Gasteiger partial charge in [-0.25, -0.2) is 4.39 Å². The van der Waals surface area contributed by atoms with Crippen molar-refractivity contribution < 1.29 is 19.1 Å². The van der Waals surface area contributed by atoms with Crippen LogP contribution in [-0.2, 0) is 16.0 Å². The number of hydrogen-bond acceptors (Lipinski definition) is 2. The quantitative estimate of drug-likeness (QED) is 0.922. The van der Waals surface area contributed by atoms with Gasteiger partial charge >= 0.3 is 5.97 Å². The zero-order chi connectivity index (χ0) is 14.7. The summed E-state index contributed by atoms with van der Waals surface area (Å²) in [5.41, 5.74) is 1.60. The number of carboxylic acids is 1. The van der Waals surface area contributed by atoms with Crippen molar-refractivity contribution in [3.8, 4) is 0 Å². The van der Waals surface area contributed by atoms with Crippen molar-refractivity contribution in [1.29, 1.82) is 0 Å². The smallest absolute Gasteiger partial charge is 0.303 e. The number of nitrogens with zero attached hydrogens (tertiary/aromatic N) is 1. The lowest BCUT2D eigenvalue weighted by atomic mass is 9.96. The maximum absolute atomic E-state index is 13.2. The summed E-state index contributed by atoms with van der Waals surface area (Å²) in [6.07, 6.45) is 2.07. The lowest BCUT2D eigenvalue weighted by Gasteiger charge is -2.35. The van der Waals surface area contributed by atoms with Crippen LogP contribution in [0.2, 0.25) is 0 Å². The molecule has 20 heavy (non-hydrogen) atoms. The van der Waals surface area contributed by atoms with Crippen molar-refractivity contribution in [2.45, 2.75) is 45.1 Å². The van der Waals surface area contributed by atoms with Crippen molar-refractivity contribution in [2.75, 3.05) is 4.90 Å². The average molecular weight is 279 g/mol. The van der Waals surface area contributed by atoms with E-state index in [1.165, 1.54) is 12.1 Å². The number of aliphatic carboxylic acids is 1. The molecule has 0 aliphatic carbocycles. The van der Waals surface area contributed by atoms with E-state index in [0.29, 0.717) is 6.42 Å². The summed E-state index contributed by atoms with van der Waals surface area (Å²) in [6.45, 7) is 1.96. The monoisotopic (exact) mass is 279 g/mol. The lowest BCUT2D eigenvalue weighted by Crippen LogP contribution is -2.42. The van der Waals surface area contributed by atoms with Crippen LogP contribution >= 0.6 is 0 Å². The molecule has 0 fully saturated rings. The van der Waals surface area contributed by atoms with E-state index in [0.717, 1.165) is 24.1 Å². The summed E-state index contributed by atoms with van der Waals surface area (Å²) in [5.74, 6) is -1.28. The number of benzene rings is 1. The minimum atomic E-state index is -0.896. The Bertz CT molecular complexity index is 530. The first-order chi connectivity index (χ1) is 9.49. The van der Waals surface area contributed by atoms with Crippen molar-refractivity contribution in [2.24, 2.45) is 0 Å². The number of aryl methyl sites for hydroxylation is 1. The fourth-order valence-corrected chi connectivity index (χ4v) is 2.61. The first-order valence-electron chi connectivity index (χ1n) is 6.81. The molecule has 0 saturated heterocycles. The van der Waals surface area contributed by atoms with Gasteiger partial charge in [0.15, 0.2) is 0 Å². The number of halogens is 1. The Labute approximate surface area is 117 Å². The second-order valence-corrected chi connectivity index (χ2v) is 5.17. The van der Waals surface area contributed by atoms with Crippen molar-refractivity contribution >= 4 is 17.6 Å². The van der Waals surface area contributed by atoms with Gasteiger partial charge in [0.2, 0.25) is 5.91 Å². The highest BCUT2D eigenvalue weighted by Crippen LogP contribution is 2.31. The van der Waals surface area contributed by atoms with E-state index in [1.807, 2.05) is 6.92 Å². The fourth-order valence-electron chi connectivity index (χ4n) is 2.61. The topological polar surface area (TPSA) is 57.6 Å². The summed E-state index contributed by atoms with van der Waals surface area (Å²) in [5, 5.41) is 8.61. The number of carbonyl (C=O) groups is 2. The average Bonchev–Trinajstić information content (AvgIpc) is 2.38. The third kappa shape index (κ3) is 3.15. The molecule has 1 aliphatic rings. The molecule has 0 radical (unpaired) electrons. The molecule has 0 bridgehead atoms. The molecule has 1 heterocycles. The van der Waals surface area contributed by atoms with Crippen LogP contribution in [0.15, 0.2) is 18.2 Å². The predicted octanol–water partition coefficient (Wildman–Crippen LogP) is 2.75. The first kappa shape index (κ1) is 14.5. The Morgan fingerprint density at radius 2 is 2.15 bits per heavy atom. The Balaban J connectivity index is 2.14. The van der Waals surface area contributed by atoms with Crippen molar-refractivity contribution in [1.82, 2.24) is 0 Å². The number of fused-ring (bicyclic) bond motifs is 1. The van der Waals surface area contributed by atoms with E-state index in [-0.39, 0.29) is 30.6 Å². The molecule has 1 aromatic carbocycles. The van der Waals surface area contributed by atoms with Crippen molar-refractivity contribution in [3.05, 3.63) is 29.6 Å². The van der Waals surface area contributed by atoms with Gasteiger partial charge in [0.05, 0.1) is 0 Å². The summed E-state index contributed by atoms with van der Waals surface area (Å²) >= 11 is 0. The van der Waals surface area contributed by atoms with E-state index in [2.05, 4.69) is 0 Å². The molecule has 1 aliphatic heterocycles. The molecule has 5 heteroatoms. The normalized spacial score (nSPS) is 17.7. The van der Waals surface area contributed by atoms with E-state index >= 15 is 0 Å². The van der Waals surface area contributed by atoms with Gasteiger partial charge < -0.3 is 10.0 Å². The number of hydrogen-bond donors (Lipinski definition) is 1. The van der Waals surface area contributed by atoms with Crippen LogP contribution in [0.3, 0.4) is 0 Å². The van der Waals surface area contributed by atoms with Gasteiger partial charge in [-0.15, -0.1) is 0 Å². The number of anilines is 1.